The van der Waals surface area contributed by atoms with Gasteiger partial charge in [0.25, 0.3) is 0 Å². The van der Waals surface area contributed by atoms with Crippen LogP contribution in [0.1, 0.15) is 13.8 Å². The van der Waals surface area contributed by atoms with E-state index < -0.39 is 10.8 Å². The van der Waals surface area contributed by atoms with E-state index in [1.54, 1.807) is 13.8 Å². The van der Waals surface area contributed by atoms with Crippen molar-refractivity contribution >= 4 is 27.0 Å². The minimum atomic E-state index is -0.840. The highest BCUT2D eigenvalue weighted by molar-refractivity contribution is 8.03. The van der Waals surface area contributed by atoms with Crippen molar-refractivity contribution < 1.29 is 14.3 Å². The van der Waals surface area contributed by atoms with Crippen LogP contribution in [-0.4, -0.2) is 35.7 Å². The fourth-order valence-electron chi connectivity index (χ4n) is 1.60. The zero-order valence-corrected chi connectivity index (χ0v) is 14.3. The normalized spacial score (nSPS) is 15.0. The molecule has 0 fully saturated rings. The van der Waals surface area contributed by atoms with Gasteiger partial charge in [-0.25, -0.2) is 0 Å². The minimum Gasteiger partial charge on any atom is -0.465 e. The van der Waals surface area contributed by atoms with Gasteiger partial charge in [0, 0.05) is 12.3 Å². The molecule has 0 saturated heterocycles. The van der Waals surface area contributed by atoms with Crippen molar-refractivity contribution in [2.24, 2.45) is 5.73 Å². The maximum Gasteiger partial charge on any atom is 0.322 e. The summed E-state index contributed by atoms with van der Waals surface area (Å²) in [6.45, 7) is 4.40. The number of carbonyl (C=O) groups is 1. The third-order valence-electron chi connectivity index (χ3n) is 2.50. The predicted molar refractivity (Wildman–Crippen MR) is 90.3 cm³/mol. The van der Waals surface area contributed by atoms with Crippen molar-refractivity contribution in [3.05, 3.63) is 30.3 Å². The molecule has 21 heavy (non-hydrogen) atoms. The largest absolute Gasteiger partial charge is 0.465 e. The van der Waals surface area contributed by atoms with E-state index in [1.807, 2.05) is 30.3 Å². The number of benzene rings is 1. The van der Waals surface area contributed by atoms with Gasteiger partial charge < -0.3 is 15.2 Å². The number of ether oxygens (including phenoxy) is 2. The Kier molecular flexibility index (Phi) is 8.04. The Balaban J connectivity index is 2.75. The first-order valence-electron chi connectivity index (χ1n) is 6.82. The van der Waals surface area contributed by atoms with Crippen molar-refractivity contribution in [2.75, 3.05) is 18.9 Å². The summed E-state index contributed by atoms with van der Waals surface area (Å²) in [7, 11) is 2.61. The molecule has 118 valence electrons. The Morgan fingerprint density at radius 3 is 2.71 bits per heavy atom. The molecule has 0 aliphatic rings. The molecule has 7 heteroatoms. The van der Waals surface area contributed by atoms with Crippen molar-refractivity contribution in [2.45, 2.75) is 24.7 Å². The van der Waals surface area contributed by atoms with Gasteiger partial charge in [-0.3, -0.25) is 10.1 Å². The van der Waals surface area contributed by atoms with Gasteiger partial charge in [-0.05, 0) is 26.0 Å². The molecule has 0 radical (unpaired) electrons. The fraction of sp³-hybridized carbons (Fsp3) is 0.500. The molecule has 0 spiro atoms. The van der Waals surface area contributed by atoms with Gasteiger partial charge in [-0.15, -0.1) is 0 Å². The lowest BCUT2D eigenvalue weighted by Crippen LogP contribution is -2.50. The van der Waals surface area contributed by atoms with Crippen LogP contribution in [0.5, 0.6) is 5.75 Å². The SMILES string of the molecule is CCOC(=O)C(C)NC(P)(Oc1ccccc1)SCCN. The summed E-state index contributed by atoms with van der Waals surface area (Å²) in [4.78, 5) is 10.9. The average Bonchev–Trinajstić information content (AvgIpc) is 2.46. The van der Waals surface area contributed by atoms with Crippen molar-refractivity contribution in [1.29, 1.82) is 0 Å². The number of hydrogen-bond acceptors (Lipinski definition) is 6. The summed E-state index contributed by atoms with van der Waals surface area (Å²) in [6.07, 6.45) is 0. The van der Waals surface area contributed by atoms with Gasteiger partial charge in [0.1, 0.15) is 11.8 Å². The number of para-hydroxylation sites is 1. The van der Waals surface area contributed by atoms with Crippen LogP contribution in [0.15, 0.2) is 30.3 Å². The molecule has 1 aromatic carbocycles. The molecule has 0 aliphatic heterocycles. The van der Waals surface area contributed by atoms with Gasteiger partial charge in [-0.1, -0.05) is 39.2 Å². The number of nitrogens with one attached hydrogen (secondary N) is 1. The van der Waals surface area contributed by atoms with E-state index in [2.05, 4.69) is 14.6 Å². The van der Waals surface area contributed by atoms with Gasteiger partial charge in [0.2, 0.25) is 4.80 Å². The molecule has 0 bridgehead atoms. The monoisotopic (exact) mass is 330 g/mol. The number of nitrogens with two attached hydrogens (primary N) is 1. The Labute approximate surface area is 132 Å². The molecule has 0 heterocycles. The summed E-state index contributed by atoms with van der Waals surface area (Å²) < 4.78 is 11.0. The van der Waals surface area contributed by atoms with E-state index in [-0.39, 0.29) is 5.97 Å². The van der Waals surface area contributed by atoms with Crippen LogP contribution in [0.25, 0.3) is 0 Å². The zero-order chi connectivity index (χ0) is 15.7. The molecule has 3 unspecified atom stereocenters. The zero-order valence-electron chi connectivity index (χ0n) is 12.4. The minimum absolute atomic E-state index is 0.311. The van der Waals surface area contributed by atoms with E-state index in [9.17, 15) is 4.79 Å². The quantitative estimate of drug-likeness (QED) is 0.408. The summed E-state index contributed by atoms with van der Waals surface area (Å²) >= 11 is 1.48. The molecule has 3 atom stereocenters. The molecule has 0 aromatic heterocycles. The standard InChI is InChI=1S/C14H23N2O3PS/c1-3-18-13(17)11(2)16-14(20,21-10-9-15)19-12-7-5-4-6-8-12/h4-8,11,16H,3,9-10,15,20H2,1-2H3. The van der Waals surface area contributed by atoms with Crippen LogP contribution in [-0.2, 0) is 9.53 Å². The number of carbonyl (C=O) groups excluding carboxylic acids is 1. The third-order valence-corrected chi connectivity index (χ3v) is 4.36. The number of thioether (sulfide) groups is 1. The summed E-state index contributed by atoms with van der Waals surface area (Å²) in [5.74, 6) is 1.09. The second-order valence-electron chi connectivity index (χ2n) is 4.34. The number of esters is 1. The first kappa shape index (κ1) is 18.2. The van der Waals surface area contributed by atoms with Crippen LogP contribution in [0, 0.1) is 0 Å². The van der Waals surface area contributed by atoms with Gasteiger partial charge >= 0.3 is 5.97 Å². The first-order chi connectivity index (χ1) is 10.0. The lowest BCUT2D eigenvalue weighted by atomic mass is 10.3. The van der Waals surface area contributed by atoms with Crippen LogP contribution >= 0.6 is 21.0 Å². The number of rotatable bonds is 9. The topological polar surface area (TPSA) is 73.6 Å². The lowest BCUT2D eigenvalue weighted by Gasteiger charge is -2.32. The molecule has 1 rings (SSSR count). The van der Waals surface area contributed by atoms with Crippen molar-refractivity contribution in [1.82, 2.24) is 5.32 Å². The summed E-state index contributed by atoms with van der Waals surface area (Å²) in [6, 6.07) is 8.93. The Morgan fingerprint density at radius 1 is 1.48 bits per heavy atom. The molecular weight excluding hydrogens is 307 g/mol. The maximum absolute atomic E-state index is 11.8. The molecule has 3 N–H and O–H groups in total. The van der Waals surface area contributed by atoms with E-state index in [1.165, 1.54) is 11.8 Å². The van der Waals surface area contributed by atoms with Crippen molar-refractivity contribution in [3.63, 3.8) is 0 Å². The average molecular weight is 330 g/mol. The molecular formula is C14H23N2O3PS. The second kappa shape index (κ2) is 9.26. The second-order valence-corrected chi connectivity index (χ2v) is 6.87. The molecule has 1 aromatic rings. The van der Waals surface area contributed by atoms with Gasteiger partial charge in [0.05, 0.1) is 6.61 Å². The van der Waals surface area contributed by atoms with E-state index >= 15 is 0 Å². The predicted octanol–water partition coefficient (Wildman–Crippen LogP) is 1.78. The van der Waals surface area contributed by atoms with Crippen LogP contribution in [0.4, 0.5) is 0 Å². The third kappa shape index (κ3) is 6.66. The molecule has 0 saturated carbocycles. The summed E-state index contributed by atoms with van der Waals surface area (Å²) in [5.41, 5.74) is 5.56. The highest BCUT2D eigenvalue weighted by Gasteiger charge is 2.31. The van der Waals surface area contributed by atoms with Crippen LogP contribution in [0.3, 0.4) is 0 Å². The van der Waals surface area contributed by atoms with Gasteiger partial charge in [0.15, 0.2) is 0 Å². The Bertz CT molecular complexity index is 435. The van der Waals surface area contributed by atoms with Gasteiger partial charge in [-0.2, -0.15) is 0 Å². The molecule has 5 nitrogen and oxygen atoms in total. The molecule has 0 aliphatic carbocycles. The molecule has 0 amide bonds. The van der Waals surface area contributed by atoms with Crippen LogP contribution < -0.4 is 15.8 Å². The maximum atomic E-state index is 11.8. The van der Waals surface area contributed by atoms with E-state index in [0.29, 0.717) is 24.7 Å². The Hall–Kier alpha value is -0.810. The number of hydrogen-bond donors (Lipinski definition) is 2. The lowest BCUT2D eigenvalue weighted by molar-refractivity contribution is -0.145. The first-order valence-corrected chi connectivity index (χ1v) is 8.38. The smallest absolute Gasteiger partial charge is 0.322 e. The fourth-order valence-corrected chi connectivity index (χ4v) is 3.18. The van der Waals surface area contributed by atoms with Crippen LogP contribution in [0.2, 0.25) is 0 Å². The van der Waals surface area contributed by atoms with E-state index in [0.717, 1.165) is 0 Å². The highest BCUT2D eigenvalue weighted by Crippen LogP contribution is 2.33. The van der Waals surface area contributed by atoms with E-state index in [4.69, 9.17) is 15.2 Å². The summed E-state index contributed by atoms with van der Waals surface area (Å²) in [5, 5.41) is 3.13. The van der Waals surface area contributed by atoms with Crippen molar-refractivity contribution in [3.8, 4) is 5.75 Å². The Morgan fingerprint density at radius 2 is 2.14 bits per heavy atom. The highest BCUT2D eigenvalue weighted by atomic mass is 32.2.